The van der Waals surface area contributed by atoms with Crippen molar-refractivity contribution < 1.29 is 28.8 Å². The molecule has 0 fully saturated rings. The highest BCUT2D eigenvalue weighted by Gasteiger charge is 2.40. The Bertz CT molecular complexity index is 1310. The van der Waals surface area contributed by atoms with Crippen molar-refractivity contribution in [2.75, 3.05) is 14.7 Å². The van der Waals surface area contributed by atoms with Gasteiger partial charge in [-0.25, -0.2) is 14.7 Å². The third-order valence-electron chi connectivity index (χ3n) is 5.09. The summed E-state index contributed by atoms with van der Waals surface area (Å²) in [6.07, 6.45) is 6.30. The summed E-state index contributed by atoms with van der Waals surface area (Å²) in [7, 11) is 0. The van der Waals surface area contributed by atoms with Crippen LogP contribution in [0.4, 0.5) is 17.1 Å². The van der Waals surface area contributed by atoms with Gasteiger partial charge in [-0.15, -0.1) is 0 Å². The standard InChI is InChI=1S/C22H11N3O6/c26-15-5-6-16(27)23(15)14-11-12-3-1-2-4-13(12)21(24-17(28)7-8-18(24)29)22(14)25-19(30)9-10-20(25)31/h1-11H. The second kappa shape index (κ2) is 6.42. The van der Waals surface area contributed by atoms with Crippen LogP contribution >= 0.6 is 0 Å². The van der Waals surface area contributed by atoms with Gasteiger partial charge in [0.15, 0.2) is 0 Å². The summed E-state index contributed by atoms with van der Waals surface area (Å²) in [6.45, 7) is 0. The maximum atomic E-state index is 12.6. The molecule has 9 nitrogen and oxygen atoms in total. The molecule has 0 aromatic heterocycles. The Morgan fingerprint density at radius 3 is 1.42 bits per heavy atom. The number of benzene rings is 2. The second-order valence-corrected chi connectivity index (χ2v) is 6.85. The van der Waals surface area contributed by atoms with E-state index in [4.69, 9.17) is 0 Å². The summed E-state index contributed by atoms with van der Waals surface area (Å²) >= 11 is 0. The Balaban J connectivity index is 1.92. The van der Waals surface area contributed by atoms with Crippen molar-refractivity contribution in [1.29, 1.82) is 0 Å². The fourth-order valence-electron chi connectivity index (χ4n) is 3.80. The maximum Gasteiger partial charge on any atom is 0.258 e. The first-order valence-corrected chi connectivity index (χ1v) is 9.12. The summed E-state index contributed by atoms with van der Waals surface area (Å²) < 4.78 is 0. The number of rotatable bonds is 3. The predicted octanol–water partition coefficient (Wildman–Crippen LogP) is 1.13. The zero-order valence-electron chi connectivity index (χ0n) is 15.6. The average Bonchev–Trinajstić information content (AvgIpc) is 3.37. The van der Waals surface area contributed by atoms with E-state index in [0.717, 1.165) is 51.2 Å². The maximum absolute atomic E-state index is 12.6. The molecule has 3 heterocycles. The molecule has 0 N–H and O–H groups in total. The van der Waals surface area contributed by atoms with Gasteiger partial charge in [-0.2, -0.15) is 0 Å². The van der Waals surface area contributed by atoms with Crippen molar-refractivity contribution in [2.24, 2.45) is 0 Å². The fourth-order valence-corrected chi connectivity index (χ4v) is 3.80. The van der Waals surface area contributed by atoms with E-state index in [1.54, 1.807) is 24.3 Å². The van der Waals surface area contributed by atoms with Crippen molar-refractivity contribution in [3.05, 3.63) is 66.8 Å². The molecule has 2 aromatic rings. The molecule has 0 bridgehead atoms. The van der Waals surface area contributed by atoms with Crippen LogP contribution in [0.15, 0.2) is 66.8 Å². The summed E-state index contributed by atoms with van der Waals surface area (Å²) in [6, 6.07) is 8.10. The minimum atomic E-state index is -0.734. The Morgan fingerprint density at radius 2 is 0.903 bits per heavy atom. The van der Waals surface area contributed by atoms with E-state index in [0.29, 0.717) is 10.8 Å². The van der Waals surface area contributed by atoms with Crippen LogP contribution in [0.1, 0.15) is 0 Å². The lowest BCUT2D eigenvalue weighted by Crippen LogP contribution is -2.38. The highest BCUT2D eigenvalue weighted by Crippen LogP contribution is 2.47. The van der Waals surface area contributed by atoms with E-state index in [1.165, 1.54) is 6.07 Å². The molecule has 0 saturated carbocycles. The van der Waals surface area contributed by atoms with Crippen LogP contribution in [0.3, 0.4) is 0 Å². The van der Waals surface area contributed by atoms with Crippen LogP contribution < -0.4 is 14.7 Å². The van der Waals surface area contributed by atoms with Crippen molar-refractivity contribution in [2.45, 2.75) is 0 Å². The van der Waals surface area contributed by atoms with Gasteiger partial charge >= 0.3 is 0 Å². The van der Waals surface area contributed by atoms with E-state index in [-0.39, 0.29) is 17.1 Å². The molecular formula is C22H11N3O6. The van der Waals surface area contributed by atoms with Gasteiger partial charge in [0.25, 0.3) is 35.4 Å². The zero-order chi connectivity index (χ0) is 21.9. The van der Waals surface area contributed by atoms with Crippen LogP contribution in [0.2, 0.25) is 0 Å². The number of hydrogen-bond donors (Lipinski definition) is 0. The van der Waals surface area contributed by atoms with Gasteiger partial charge in [0.2, 0.25) is 0 Å². The number of imide groups is 3. The first kappa shape index (κ1) is 18.4. The highest BCUT2D eigenvalue weighted by atomic mass is 16.2. The molecule has 0 unspecified atom stereocenters. The van der Waals surface area contributed by atoms with Crippen LogP contribution in [0, 0.1) is 0 Å². The molecule has 3 aliphatic rings. The van der Waals surface area contributed by atoms with Gasteiger partial charge in [0.1, 0.15) is 5.69 Å². The lowest BCUT2D eigenvalue weighted by molar-refractivity contribution is -0.122. The van der Waals surface area contributed by atoms with Gasteiger partial charge in [0.05, 0.1) is 11.4 Å². The van der Waals surface area contributed by atoms with Crippen molar-refractivity contribution in [3.63, 3.8) is 0 Å². The minimum absolute atomic E-state index is 0.0639. The number of carbonyl (C=O) groups excluding carboxylic acids is 6. The zero-order valence-corrected chi connectivity index (χ0v) is 15.6. The van der Waals surface area contributed by atoms with E-state index >= 15 is 0 Å². The lowest BCUT2D eigenvalue weighted by atomic mass is 10.0. The number of amides is 6. The van der Waals surface area contributed by atoms with Crippen molar-refractivity contribution >= 4 is 63.3 Å². The van der Waals surface area contributed by atoms with Gasteiger partial charge in [-0.3, -0.25) is 28.8 Å². The van der Waals surface area contributed by atoms with Gasteiger partial charge < -0.3 is 0 Å². The van der Waals surface area contributed by atoms with Gasteiger partial charge in [-0.05, 0) is 11.5 Å². The highest BCUT2D eigenvalue weighted by molar-refractivity contribution is 6.39. The molecule has 0 radical (unpaired) electrons. The molecule has 0 saturated heterocycles. The van der Waals surface area contributed by atoms with E-state index in [1.807, 2.05) is 0 Å². The quantitative estimate of drug-likeness (QED) is 0.698. The van der Waals surface area contributed by atoms with Crippen LogP contribution in [-0.2, 0) is 28.8 Å². The van der Waals surface area contributed by atoms with Gasteiger partial charge in [-0.1, -0.05) is 24.3 Å². The molecular weight excluding hydrogens is 402 g/mol. The number of carbonyl (C=O) groups is 6. The van der Waals surface area contributed by atoms with Crippen molar-refractivity contribution in [3.8, 4) is 0 Å². The topological polar surface area (TPSA) is 112 Å². The molecule has 31 heavy (non-hydrogen) atoms. The SMILES string of the molecule is O=C1C=CC(=O)N1c1cc2ccccc2c(N2C(=O)C=CC2=O)c1N1C(=O)C=CC1=O. The third kappa shape index (κ3) is 2.57. The summed E-state index contributed by atoms with van der Waals surface area (Å²) in [5.41, 5.74) is -0.355. The number of fused-ring (bicyclic) bond motifs is 1. The average molecular weight is 413 g/mol. The molecule has 9 heteroatoms. The molecule has 5 rings (SSSR count). The predicted molar refractivity (Wildman–Crippen MR) is 109 cm³/mol. The molecule has 0 aliphatic carbocycles. The van der Waals surface area contributed by atoms with Crippen LogP contribution in [-0.4, -0.2) is 35.4 Å². The summed E-state index contributed by atoms with van der Waals surface area (Å²) in [4.78, 5) is 77.6. The first-order chi connectivity index (χ1) is 14.9. The first-order valence-electron chi connectivity index (χ1n) is 9.12. The Labute approximate surface area is 174 Å². The van der Waals surface area contributed by atoms with Crippen LogP contribution in [0.5, 0.6) is 0 Å². The molecule has 0 spiro atoms. The lowest BCUT2D eigenvalue weighted by Gasteiger charge is -2.29. The Hall–Kier alpha value is -4.66. The number of nitrogens with zero attached hydrogens (tertiary/aromatic N) is 3. The Kier molecular flexibility index (Phi) is 3.81. The normalized spacial score (nSPS) is 18.1. The second-order valence-electron chi connectivity index (χ2n) is 6.85. The smallest absolute Gasteiger partial charge is 0.258 e. The van der Waals surface area contributed by atoms with Gasteiger partial charge in [0, 0.05) is 41.8 Å². The largest absolute Gasteiger partial charge is 0.269 e. The molecule has 150 valence electrons. The number of hydrogen-bond acceptors (Lipinski definition) is 6. The fraction of sp³-hybridized carbons (Fsp3) is 0. The summed E-state index contributed by atoms with van der Waals surface area (Å²) in [5, 5.41) is 0.870. The van der Waals surface area contributed by atoms with E-state index in [2.05, 4.69) is 0 Å². The summed E-state index contributed by atoms with van der Waals surface area (Å²) in [5.74, 6) is -4.20. The molecule has 6 amide bonds. The van der Waals surface area contributed by atoms with Crippen LogP contribution in [0.25, 0.3) is 10.8 Å². The minimum Gasteiger partial charge on any atom is -0.269 e. The molecule has 2 aromatic carbocycles. The number of anilines is 3. The molecule has 0 atom stereocenters. The monoisotopic (exact) mass is 413 g/mol. The van der Waals surface area contributed by atoms with E-state index < -0.39 is 35.4 Å². The molecule has 3 aliphatic heterocycles. The third-order valence-corrected chi connectivity index (χ3v) is 5.09. The van der Waals surface area contributed by atoms with E-state index in [9.17, 15) is 28.8 Å². The Morgan fingerprint density at radius 1 is 0.484 bits per heavy atom. The van der Waals surface area contributed by atoms with Crippen molar-refractivity contribution in [1.82, 2.24) is 0 Å².